The van der Waals surface area contributed by atoms with Crippen molar-refractivity contribution in [1.82, 2.24) is 5.32 Å². The summed E-state index contributed by atoms with van der Waals surface area (Å²) in [5.41, 5.74) is 0. The summed E-state index contributed by atoms with van der Waals surface area (Å²) >= 11 is 0. The first kappa shape index (κ1) is 10.9. The van der Waals surface area contributed by atoms with Crippen LogP contribution in [-0.4, -0.2) is 36.4 Å². The molecule has 0 bridgehead atoms. The van der Waals surface area contributed by atoms with Gasteiger partial charge in [0.2, 0.25) is 5.91 Å². The first-order chi connectivity index (χ1) is 7.31. The maximum absolute atomic E-state index is 11.5. The van der Waals surface area contributed by atoms with Gasteiger partial charge in [-0.25, -0.2) is 0 Å². The number of carbonyl (C=O) groups is 1. The number of amides is 1. The number of nitrogens with one attached hydrogen (secondary N) is 1. The Hall–Kier alpha value is -0.610. The zero-order valence-corrected chi connectivity index (χ0v) is 8.95. The van der Waals surface area contributed by atoms with Crippen molar-refractivity contribution in [3.63, 3.8) is 0 Å². The molecule has 86 valence electrons. The second-order valence-electron chi connectivity index (χ2n) is 4.46. The fourth-order valence-electron chi connectivity index (χ4n) is 2.17. The molecule has 2 rings (SSSR count). The second kappa shape index (κ2) is 4.94. The molecule has 0 aromatic rings. The van der Waals surface area contributed by atoms with Crippen LogP contribution in [0.15, 0.2) is 0 Å². The molecule has 4 nitrogen and oxygen atoms in total. The third kappa shape index (κ3) is 2.92. The molecule has 2 unspecified atom stereocenters. The Bertz CT molecular complexity index is 228. The first-order valence-electron chi connectivity index (χ1n) is 5.83. The fraction of sp³-hybridized carbons (Fsp3) is 0.909. The molecule has 15 heavy (non-hydrogen) atoms. The number of carbonyl (C=O) groups excluding carboxylic acids is 1. The zero-order valence-electron chi connectivity index (χ0n) is 8.95. The molecule has 1 saturated heterocycles. The third-order valence-electron chi connectivity index (χ3n) is 3.13. The Labute approximate surface area is 90.0 Å². The summed E-state index contributed by atoms with van der Waals surface area (Å²) in [6.45, 7) is 0.854. The van der Waals surface area contributed by atoms with E-state index in [9.17, 15) is 4.79 Å². The molecule has 2 aliphatic rings. The van der Waals surface area contributed by atoms with Gasteiger partial charge in [-0.05, 0) is 31.6 Å². The standard InChI is InChI=1S/C11H19NO3/c13-6-1-2-10(14)12-9-5-7-15-11(9)8-3-4-8/h8-9,11,13H,1-7H2,(H,12,14). The van der Waals surface area contributed by atoms with E-state index in [1.165, 1.54) is 12.8 Å². The molecule has 1 heterocycles. The van der Waals surface area contributed by atoms with Gasteiger partial charge in [-0.1, -0.05) is 0 Å². The Morgan fingerprint density at radius 3 is 2.87 bits per heavy atom. The SMILES string of the molecule is O=C(CCCO)NC1CCOC1C1CC1. The van der Waals surface area contributed by atoms with Crippen LogP contribution < -0.4 is 5.32 Å². The molecule has 2 fully saturated rings. The van der Waals surface area contributed by atoms with Crippen LogP contribution in [0.1, 0.15) is 32.1 Å². The average molecular weight is 213 g/mol. The van der Waals surface area contributed by atoms with Crippen molar-refractivity contribution >= 4 is 5.91 Å². The van der Waals surface area contributed by atoms with Crippen molar-refractivity contribution in [2.24, 2.45) is 5.92 Å². The minimum atomic E-state index is 0.0465. The van der Waals surface area contributed by atoms with Gasteiger partial charge in [-0.3, -0.25) is 4.79 Å². The summed E-state index contributed by atoms with van der Waals surface area (Å²) in [4.78, 5) is 11.5. The van der Waals surface area contributed by atoms with Gasteiger partial charge in [0.25, 0.3) is 0 Å². The van der Waals surface area contributed by atoms with E-state index in [2.05, 4.69) is 5.32 Å². The summed E-state index contributed by atoms with van der Waals surface area (Å²) < 4.78 is 5.63. The van der Waals surface area contributed by atoms with Crippen LogP contribution in [0.25, 0.3) is 0 Å². The van der Waals surface area contributed by atoms with E-state index in [-0.39, 0.29) is 24.7 Å². The number of hydrogen-bond acceptors (Lipinski definition) is 3. The number of ether oxygens (including phenoxy) is 1. The van der Waals surface area contributed by atoms with Gasteiger partial charge in [-0.15, -0.1) is 0 Å². The summed E-state index contributed by atoms with van der Waals surface area (Å²) in [5.74, 6) is 0.723. The molecule has 1 aliphatic heterocycles. The van der Waals surface area contributed by atoms with Gasteiger partial charge >= 0.3 is 0 Å². The first-order valence-corrected chi connectivity index (χ1v) is 5.83. The quantitative estimate of drug-likeness (QED) is 0.697. The van der Waals surface area contributed by atoms with Crippen molar-refractivity contribution in [3.05, 3.63) is 0 Å². The topological polar surface area (TPSA) is 58.6 Å². The van der Waals surface area contributed by atoms with E-state index in [1.807, 2.05) is 0 Å². The second-order valence-corrected chi connectivity index (χ2v) is 4.46. The zero-order chi connectivity index (χ0) is 10.7. The predicted molar refractivity (Wildman–Crippen MR) is 55.3 cm³/mol. The van der Waals surface area contributed by atoms with Crippen LogP contribution in [0.5, 0.6) is 0 Å². The van der Waals surface area contributed by atoms with E-state index in [0.717, 1.165) is 13.0 Å². The Balaban J connectivity index is 1.74. The van der Waals surface area contributed by atoms with Crippen LogP contribution >= 0.6 is 0 Å². The van der Waals surface area contributed by atoms with E-state index >= 15 is 0 Å². The molecular formula is C11H19NO3. The van der Waals surface area contributed by atoms with Gasteiger partial charge in [0.1, 0.15) is 0 Å². The van der Waals surface area contributed by atoms with Crippen molar-refractivity contribution in [2.45, 2.75) is 44.2 Å². The third-order valence-corrected chi connectivity index (χ3v) is 3.13. The smallest absolute Gasteiger partial charge is 0.220 e. The number of aliphatic hydroxyl groups is 1. The Morgan fingerprint density at radius 2 is 2.20 bits per heavy atom. The lowest BCUT2D eigenvalue weighted by Crippen LogP contribution is -2.41. The van der Waals surface area contributed by atoms with Crippen molar-refractivity contribution in [2.75, 3.05) is 13.2 Å². The van der Waals surface area contributed by atoms with Crippen LogP contribution in [-0.2, 0) is 9.53 Å². The maximum atomic E-state index is 11.5. The molecule has 4 heteroatoms. The molecule has 1 saturated carbocycles. The Morgan fingerprint density at radius 1 is 1.40 bits per heavy atom. The minimum absolute atomic E-state index is 0.0465. The molecule has 2 N–H and O–H groups in total. The molecule has 0 spiro atoms. The van der Waals surface area contributed by atoms with Gasteiger partial charge < -0.3 is 15.2 Å². The highest BCUT2D eigenvalue weighted by Crippen LogP contribution is 2.38. The van der Waals surface area contributed by atoms with E-state index in [1.54, 1.807) is 0 Å². The summed E-state index contributed by atoms with van der Waals surface area (Å²) in [7, 11) is 0. The average Bonchev–Trinajstić information content (AvgIpc) is 2.97. The van der Waals surface area contributed by atoms with Gasteiger partial charge in [0.15, 0.2) is 0 Å². The molecular weight excluding hydrogens is 194 g/mol. The fourth-order valence-corrected chi connectivity index (χ4v) is 2.17. The van der Waals surface area contributed by atoms with Crippen molar-refractivity contribution in [3.8, 4) is 0 Å². The van der Waals surface area contributed by atoms with Crippen molar-refractivity contribution < 1.29 is 14.6 Å². The Kier molecular flexibility index (Phi) is 3.59. The normalized spacial score (nSPS) is 30.5. The lowest BCUT2D eigenvalue weighted by atomic mass is 10.1. The van der Waals surface area contributed by atoms with Crippen LogP contribution in [0, 0.1) is 5.92 Å². The number of aliphatic hydroxyl groups excluding tert-OH is 1. The van der Waals surface area contributed by atoms with E-state index in [0.29, 0.717) is 18.8 Å². The van der Waals surface area contributed by atoms with E-state index < -0.39 is 0 Å². The van der Waals surface area contributed by atoms with E-state index in [4.69, 9.17) is 9.84 Å². The monoisotopic (exact) mass is 213 g/mol. The summed E-state index contributed by atoms with van der Waals surface area (Å²) in [6.07, 6.45) is 4.65. The molecule has 0 aromatic carbocycles. The van der Waals surface area contributed by atoms with Gasteiger partial charge in [-0.2, -0.15) is 0 Å². The summed E-state index contributed by atoms with van der Waals surface area (Å²) in [5, 5.41) is 11.6. The predicted octanol–water partition coefficient (Wildman–Crippen LogP) is 0.443. The maximum Gasteiger partial charge on any atom is 0.220 e. The largest absolute Gasteiger partial charge is 0.396 e. The lowest BCUT2D eigenvalue weighted by Gasteiger charge is -2.19. The van der Waals surface area contributed by atoms with Crippen molar-refractivity contribution in [1.29, 1.82) is 0 Å². The van der Waals surface area contributed by atoms with Gasteiger partial charge in [0, 0.05) is 19.6 Å². The van der Waals surface area contributed by atoms with Gasteiger partial charge in [0.05, 0.1) is 12.1 Å². The number of hydrogen-bond donors (Lipinski definition) is 2. The molecule has 1 amide bonds. The molecule has 2 atom stereocenters. The molecule has 0 aromatic heterocycles. The number of rotatable bonds is 5. The highest BCUT2D eigenvalue weighted by atomic mass is 16.5. The lowest BCUT2D eigenvalue weighted by molar-refractivity contribution is -0.122. The highest BCUT2D eigenvalue weighted by Gasteiger charge is 2.40. The minimum Gasteiger partial charge on any atom is -0.396 e. The van der Waals surface area contributed by atoms with Crippen LogP contribution in [0.3, 0.4) is 0 Å². The van der Waals surface area contributed by atoms with Crippen LogP contribution in [0.4, 0.5) is 0 Å². The van der Waals surface area contributed by atoms with Crippen LogP contribution in [0.2, 0.25) is 0 Å². The summed E-state index contributed by atoms with van der Waals surface area (Å²) in [6, 6.07) is 0.212. The molecule has 1 aliphatic carbocycles. The highest BCUT2D eigenvalue weighted by molar-refractivity contribution is 5.76. The molecule has 0 radical (unpaired) electrons.